The van der Waals surface area contributed by atoms with Crippen LogP contribution in [-0.4, -0.2) is 31.6 Å². The lowest BCUT2D eigenvalue weighted by Crippen LogP contribution is -2.42. The van der Waals surface area contributed by atoms with E-state index in [-0.39, 0.29) is 24.0 Å². The zero-order valence-electron chi connectivity index (χ0n) is 16.1. The number of nitrogens with zero attached hydrogens (tertiary/aromatic N) is 2. The fourth-order valence-electron chi connectivity index (χ4n) is 3.50. The normalized spacial score (nSPS) is 18.7. The van der Waals surface area contributed by atoms with E-state index in [1.165, 1.54) is 37.2 Å². The Bertz CT molecular complexity index is 581. The molecule has 26 heavy (non-hydrogen) atoms. The van der Waals surface area contributed by atoms with Gasteiger partial charge < -0.3 is 15.5 Å². The first kappa shape index (κ1) is 21.1. The summed E-state index contributed by atoms with van der Waals surface area (Å²) >= 11 is 0. The van der Waals surface area contributed by atoms with Crippen molar-refractivity contribution in [1.82, 2.24) is 10.6 Å². The number of halogens is 1. The molecule has 0 aromatic heterocycles. The van der Waals surface area contributed by atoms with E-state index in [1.807, 2.05) is 0 Å². The van der Waals surface area contributed by atoms with Gasteiger partial charge in [0.25, 0.3) is 0 Å². The van der Waals surface area contributed by atoms with Crippen LogP contribution in [-0.2, 0) is 6.54 Å². The number of rotatable bonds is 5. The fraction of sp³-hybridized carbons (Fsp3) is 0.571. The zero-order valence-corrected chi connectivity index (χ0v) is 18.4. The lowest BCUT2D eigenvalue weighted by atomic mass is 9.99. The molecule has 3 rings (SSSR count). The minimum atomic E-state index is 0. The molecular formula is C21H33IN4. The number of piperidine rings is 1. The van der Waals surface area contributed by atoms with E-state index in [0.29, 0.717) is 12.6 Å². The second kappa shape index (κ2) is 10.8. The minimum Gasteiger partial charge on any atom is -0.372 e. The van der Waals surface area contributed by atoms with Crippen molar-refractivity contribution in [2.24, 2.45) is 10.9 Å². The molecule has 1 fully saturated rings. The first-order valence-corrected chi connectivity index (χ1v) is 9.78. The van der Waals surface area contributed by atoms with Crippen molar-refractivity contribution in [3.05, 3.63) is 42.0 Å². The maximum absolute atomic E-state index is 4.75. The first-order chi connectivity index (χ1) is 12.2. The molecule has 1 aliphatic heterocycles. The molecule has 2 N–H and O–H groups in total. The van der Waals surface area contributed by atoms with E-state index >= 15 is 0 Å². The van der Waals surface area contributed by atoms with Crippen molar-refractivity contribution >= 4 is 35.6 Å². The fourth-order valence-corrected chi connectivity index (χ4v) is 3.50. The Morgan fingerprint density at radius 2 is 1.77 bits per heavy atom. The van der Waals surface area contributed by atoms with Gasteiger partial charge in [-0.2, -0.15) is 0 Å². The summed E-state index contributed by atoms with van der Waals surface area (Å²) in [6.45, 7) is 8.44. The number of guanidine groups is 1. The third-order valence-corrected chi connectivity index (χ3v) is 5.20. The number of benzene rings is 1. The molecule has 1 heterocycles. The van der Waals surface area contributed by atoms with E-state index in [0.717, 1.165) is 31.3 Å². The van der Waals surface area contributed by atoms with Crippen LogP contribution in [0.25, 0.3) is 0 Å². The van der Waals surface area contributed by atoms with Gasteiger partial charge >= 0.3 is 0 Å². The maximum atomic E-state index is 4.75. The Morgan fingerprint density at radius 3 is 2.38 bits per heavy atom. The average Bonchev–Trinajstić information content (AvgIpc) is 3.14. The lowest BCUT2D eigenvalue weighted by Gasteiger charge is -2.32. The SMILES string of the molecule is CCNC(=NCc1ccc(N2CCC(C)CC2)cc1)NC1CC=CC1.I. The van der Waals surface area contributed by atoms with Crippen LogP contribution in [0.1, 0.15) is 45.1 Å². The highest BCUT2D eigenvalue weighted by molar-refractivity contribution is 14.0. The van der Waals surface area contributed by atoms with Gasteiger partial charge in [-0.3, -0.25) is 0 Å². The smallest absolute Gasteiger partial charge is 0.191 e. The summed E-state index contributed by atoms with van der Waals surface area (Å²) in [5.41, 5.74) is 2.61. The Balaban J connectivity index is 0.00000243. The summed E-state index contributed by atoms with van der Waals surface area (Å²) < 4.78 is 0. The number of nitrogens with one attached hydrogen (secondary N) is 2. The predicted molar refractivity (Wildman–Crippen MR) is 123 cm³/mol. The summed E-state index contributed by atoms with van der Waals surface area (Å²) in [5, 5.41) is 6.87. The van der Waals surface area contributed by atoms with Crippen LogP contribution >= 0.6 is 24.0 Å². The highest BCUT2D eigenvalue weighted by Gasteiger charge is 2.16. The maximum Gasteiger partial charge on any atom is 0.191 e. The molecule has 0 radical (unpaired) electrons. The van der Waals surface area contributed by atoms with Crippen molar-refractivity contribution in [2.75, 3.05) is 24.5 Å². The van der Waals surface area contributed by atoms with E-state index in [4.69, 9.17) is 4.99 Å². The van der Waals surface area contributed by atoms with Gasteiger partial charge in [-0.15, -0.1) is 24.0 Å². The zero-order chi connectivity index (χ0) is 17.5. The number of hydrogen-bond acceptors (Lipinski definition) is 2. The van der Waals surface area contributed by atoms with Crippen molar-refractivity contribution in [2.45, 2.75) is 52.1 Å². The quantitative estimate of drug-likeness (QED) is 0.293. The molecule has 1 aromatic rings. The van der Waals surface area contributed by atoms with Gasteiger partial charge in [-0.1, -0.05) is 31.2 Å². The van der Waals surface area contributed by atoms with Gasteiger partial charge in [-0.25, -0.2) is 4.99 Å². The first-order valence-electron chi connectivity index (χ1n) is 9.78. The minimum absolute atomic E-state index is 0. The topological polar surface area (TPSA) is 39.7 Å². The summed E-state index contributed by atoms with van der Waals surface area (Å²) in [4.78, 5) is 7.26. The van der Waals surface area contributed by atoms with Crippen LogP contribution in [0.5, 0.6) is 0 Å². The lowest BCUT2D eigenvalue weighted by molar-refractivity contribution is 0.438. The van der Waals surface area contributed by atoms with Gasteiger partial charge in [0.15, 0.2) is 5.96 Å². The van der Waals surface area contributed by atoms with Crippen LogP contribution in [0.2, 0.25) is 0 Å². The van der Waals surface area contributed by atoms with Crippen LogP contribution in [0.15, 0.2) is 41.4 Å². The van der Waals surface area contributed by atoms with Gasteiger partial charge in [0.05, 0.1) is 6.54 Å². The average molecular weight is 468 g/mol. The Morgan fingerprint density at radius 1 is 1.12 bits per heavy atom. The number of hydrogen-bond donors (Lipinski definition) is 2. The molecule has 0 saturated carbocycles. The van der Waals surface area contributed by atoms with Crippen molar-refractivity contribution in [3.63, 3.8) is 0 Å². The standard InChI is InChI=1S/C21H32N4.HI/c1-3-22-21(24-19-6-4-5-7-19)23-16-18-8-10-20(11-9-18)25-14-12-17(2)13-15-25;/h4-5,8-11,17,19H,3,6-7,12-16H2,1-2H3,(H2,22,23,24);1H. The molecule has 0 atom stereocenters. The van der Waals surface area contributed by atoms with Crippen molar-refractivity contribution < 1.29 is 0 Å². The molecule has 1 aromatic carbocycles. The van der Waals surface area contributed by atoms with Crippen LogP contribution in [0.3, 0.4) is 0 Å². The molecule has 0 bridgehead atoms. The van der Waals surface area contributed by atoms with Crippen molar-refractivity contribution in [1.29, 1.82) is 0 Å². The molecule has 144 valence electrons. The Kier molecular flexibility index (Phi) is 8.75. The van der Waals surface area contributed by atoms with Crippen LogP contribution < -0.4 is 15.5 Å². The van der Waals surface area contributed by atoms with E-state index in [9.17, 15) is 0 Å². The van der Waals surface area contributed by atoms with Gasteiger partial charge in [0, 0.05) is 31.4 Å². The number of anilines is 1. The van der Waals surface area contributed by atoms with E-state index in [2.05, 4.69) is 65.8 Å². The molecule has 1 saturated heterocycles. The molecule has 0 unspecified atom stereocenters. The second-order valence-electron chi connectivity index (χ2n) is 7.32. The second-order valence-corrected chi connectivity index (χ2v) is 7.32. The highest BCUT2D eigenvalue weighted by atomic mass is 127. The van der Waals surface area contributed by atoms with Gasteiger partial charge in [0.1, 0.15) is 0 Å². The third-order valence-electron chi connectivity index (χ3n) is 5.20. The molecule has 5 heteroatoms. The van der Waals surface area contributed by atoms with Crippen LogP contribution in [0.4, 0.5) is 5.69 Å². The van der Waals surface area contributed by atoms with Gasteiger partial charge in [-0.05, 0) is 56.2 Å². The van der Waals surface area contributed by atoms with E-state index in [1.54, 1.807) is 0 Å². The molecule has 0 spiro atoms. The third kappa shape index (κ3) is 6.18. The molecule has 2 aliphatic rings. The largest absolute Gasteiger partial charge is 0.372 e. The monoisotopic (exact) mass is 468 g/mol. The summed E-state index contributed by atoms with van der Waals surface area (Å²) in [7, 11) is 0. The number of aliphatic imine (C=N–C) groups is 1. The molecule has 0 amide bonds. The highest BCUT2D eigenvalue weighted by Crippen LogP contribution is 2.23. The summed E-state index contributed by atoms with van der Waals surface area (Å²) in [5.74, 6) is 1.79. The Hall–Kier alpha value is -1.24. The van der Waals surface area contributed by atoms with Crippen LogP contribution in [0, 0.1) is 5.92 Å². The van der Waals surface area contributed by atoms with Crippen molar-refractivity contribution in [3.8, 4) is 0 Å². The Labute approximate surface area is 175 Å². The molecule has 4 nitrogen and oxygen atoms in total. The van der Waals surface area contributed by atoms with Gasteiger partial charge in [0.2, 0.25) is 0 Å². The summed E-state index contributed by atoms with van der Waals surface area (Å²) in [6.07, 6.45) is 9.27. The summed E-state index contributed by atoms with van der Waals surface area (Å²) in [6, 6.07) is 9.43. The molecule has 1 aliphatic carbocycles. The molecular weight excluding hydrogens is 435 g/mol. The van der Waals surface area contributed by atoms with E-state index < -0.39 is 0 Å². The predicted octanol–water partition coefficient (Wildman–Crippen LogP) is 4.31.